The lowest BCUT2D eigenvalue weighted by Gasteiger charge is -2.14. The molecule has 4 aromatic carbocycles. The highest BCUT2D eigenvalue weighted by molar-refractivity contribution is 7.89. The van der Waals surface area contributed by atoms with Gasteiger partial charge in [-0.3, -0.25) is 15.5 Å². The number of nitro groups is 1. The van der Waals surface area contributed by atoms with Crippen LogP contribution in [0.3, 0.4) is 0 Å². The number of sulfonamides is 1. The summed E-state index contributed by atoms with van der Waals surface area (Å²) in [4.78, 5) is 10.3. The minimum absolute atomic E-state index is 0.00187. The van der Waals surface area contributed by atoms with Crippen molar-refractivity contribution in [1.82, 2.24) is 0 Å². The van der Waals surface area contributed by atoms with Gasteiger partial charge in [-0.2, -0.15) is 5.10 Å². The van der Waals surface area contributed by atoms with Gasteiger partial charge in [-0.15, -0.1) is 0 Å². The van der Waals surface area contributed by atoms with E-state index in [0.29, 0.717) is 30.3 Å². The van der Waals surface area contributed by atoms with E-state index in [1.54, 1.807) is 18.2 Å². The summed E-state index contributed by atoms with van der Waals surface area (Å²) in [7, 11) is -4.09. The molecule has 3 N–H and O–H groups in total. The largest absolute Gasteiger partial charge is 0.485 e. The Morgan fingerprint density at radius 2 is 1.45 bits per heavy atom. The van der Waals surface area contributed by atoms with Gasteiger partial charge in [-0.05, 0) is 47.0 Å². The molecule has 0 radical (unpaired) electrons. The van der Waals surface area contributed by atoms with E-state index in [-0.39, 0.29) is 10.6 Å². The van der Waals surface area contributed by atoms with Crippen molar-refractivity contribution in [2.75, 3.05) is 5.43 Å². The molecule has 0 unspecified atom stereocenters. The first-order valence-corrected chi connectivity index (χ1v) is 12.9. The number of hydrogen-bond acceptors (Lipinski definition) is 8. The van der Waals surface area contributed by atoms with Crippen LogP contribution in [0.1, 0.15) is 16.7 Å². The van der Waals surface area contributed by atoms with Crippen molar-refractivity contribution in [1.29, 1.82) is 0 Å². The van der Waals surface area contributed by atoms with Gasteiger partial charge in [0.1, 0.15) is 18.9 Å². The van der Waals surface area contributed by atoms with Crippen LogP contribution in [0.5, 0.6) is 11.5 Å². The topological polar surface area (TPSA) is 146 Å². The van der Waals surface area contributed by atoms with Gasteiger partial charge in [0.15, 0.2) is 11.5 Å². The molecule has 10 nitrogen and oxygen atoms in total. The number of nitrogens with one attached hydrogen (secondary N) is 1. The molecule has 0 spiro atoms. The standard InChI is InChI=1S/C27H24N4O6S/c28-38(34,35)23-12-13-24(25(16-23)31(32)33)30-29-17-22-11-14-26(36-18-20-7-3-1-4-8-20)27(15-22)37-19-21-9-5-2-6-10-21/h1-17,30H,18-19H2,(H2,28,34,35)/b29-17-. The second-order valence-corrected chi connectivity index (χ2v) is 9.67. The zero-order valence-corrected chi connectivity index (χ0v) is 20.9. The molecule has 194 valence electrons. The van der Waals surface area contributed by atoms with Gasteiger partial charge in [-0.1, -0.05) is 60.7 Å². The summed E-state index contributed by atoms with van der Waals surface area (Å²) in [5, 5.41) is 20.6. The predicted molar refractivity (Wildman–Crippen MR) is 144 cm³/mol. The highest BCUT2D eigenvalue weighted by atomic mass is 32.2. The Kier molecular flexibility index (Phi) is 8.31. The van der Waals surface area contributed by atoms with E-state index in [9.17, 15) is 18.5 Å². The van der Waals surface area contributed by atoms with Gasteiger partial charge in [0.05, 0.1) is 16.0 Å². The average Bonchev–Trinajstić information content (AvgIpc) is 2.92. The van der Waals surface area contributed by atoms with Crippen LogP contribution in [0.2, 0.25) is 0 Å². The monoisotopic (exact) mass is 532 g/mol. The zero-order valence-electron chi connectivity index (χ0n) is 20.1. The Labute approximate surface area is 219 Å². The van der Waals surface area contributed by atoms with E-state index < -0.39 is 20.6 Å². The van der Waals surface area contributed by atoms with Crippen molar-refractivity contribution in [3.8, 4) is 11.5 Å². The molecule has 0 aliphatic carbocycles. The van der Waals surface area contributed by atoms with Crippen LogP contribution < -0.4 is 20.0 Å². The first-order valence-electron chi connectivity index (χ1n) is 11.4. The number of hydrazone groups is 1. The summed E-state index contributed by atoms with van der Waals surface area (Å²) < 4.78 is 35.1. The average molecular weight is 533 g/mol. The molecule has 0 aromatic heterocycles. The predicted octanol–water partition coefficient (Wildman–Crippen LogP) is 4.85. The Morgan fingerprint density at radius 1 is 0.842 bits per heavy atom. The summed E-state index contributed by atoms with van der Waals surface area (Å²) in [6.07, 6.45) is 1.45. The number of nitrogens with two attached hydrogens (primary N) is 1. The molecule has 0 heterocycles. The van der Waals surface area contributed by atoms with Crippen molar-refractivity contribution >= 4 is 27.6 Å². The zero-order chi connectivity index (χ0) is 27.0. The summed E-state index contributed by atoms with van der Waals surface area (Å²) in [5.41, 5.74) is 4.73. The maximum atomic E-state index is 11.5. The third-order valence-corrected chi connectivity index (χ3v) is 6.25. The van der Waals surface area contributed by atoms with E-state index in [0.717, 1.165) is 23.3 Å². The molecule has 0 aliphatic rings. The number of rotatable bonds is 11. The molecule has 0 aliphatic heterocycles. The van der Waals surface area contributed by atoms with E-state index in [4.69, 9.17) is 14.6 Å². The number of nitrogens with zero attached hydrogens (tertiary/aromatic N) is 2. The van der Waals surface area contributed by atoms with Gasteiger partial charge >= 0.3 is 0 Å². The summed E-state index contributed by atoms with van der Waals surface area (Å²) in [6, 6.07) is 27.9. The van der Waals surface area contributed by atoms with Crippen LogP contribution in [0.4, 0.5) is 11.4 Å². The minimum Gasteiger partial charge on any atom is -0.485 e. The fraction of sp³-hybridized carbons (Fsp3) is 0.0741. The van der Waals surface area contributed by atoms with Crippen molar-refractivity contribution in [3.63, 3.8) is 0 Å². The third kappa shape index (κ3) is 7.15. The van der Waals surface area contributed by atoms with Crippen molar-refractivity contribution in [3.05, 3.63) is 124 Å². The van der Waals surface area contributed by atoms with Crippen molar-refractivity contribution in [2.45, 2.75) is 18.1 Å². The van der Waals surface area contributed by atoms with Gasteiger partial charge in [0.2, 0.25) is 10.0 Å². The van der Waals surface area contributed by atoms with Gasteiger partial charge in [0, 0.05) is 6.07 Å². The summed E-state index contributed by atoms with van der Waals surface area (Å²) in [6.45, 7) is 0.680. The molecule has 4 aromatic rings. The van der Waals surface area contributed by atoms with Crippen LogP contribution in [-0.2, 0) is 23.2 Å². The first kappa shape index (κ1) is 26.3. The fourth-order valence-corrected chi connectivity index (χ4v) is 3.95. The second-order valence-electron chi connectivity index (χ2n) is 8.11. The molecule has 0 saturated heterocycles. The van der Waals surface area contributed by atoms with E-state index >= 15 is 0 Å². The Bertz CT molecular complexity index is 1540. The highest BCUT2D eigenvalue weighted by Gasteiger charge is 2.19. The minimum atomic E-state index is -4.09. The molecule has 0 amide bonds. The molecular weight excluding hydrogens is 508 g/mol. The van der Waals surface area contributed by atoms with Crippen LogP contribution >= 0.6 is 0 Å². The van der Waals surface area contributed by atoms with E-state index in [1.165, 1.54) is 12.3 Å². The van der Waals surface area contributed by atoms with Gasteiger partial charge < -0.3 is 9.47 Å². The van der Waals surface area contributed by atoms with E-state index in [1.807, 2.05) is 60.7 Å². The quantitative estimate of drug-likeness (QED) is 0.160. The summed E-state index contributed by atoms with van der Waals surface area (Å²) in [5.74, 6) is 1.04. The highest BCUT2D eigenvalue weighted by Crippen LogP contribution is 2.30. The van der Waals surface area contributed by atoms with Crippen LogP contribution in [0.25, 0.3) is 0 Å². The number of ether oxygens (including phenoxy) is 2. The number of benzene rings is 4. The number of nitro benzene ring substituents is 1. The Balaban J connectivity index is 1.53. The maximum absolute atomic E-state index is 11.5. The summed E-state index contributed by atoms with van der Waals surface area (Å²) >= 11 is 0. The molecule has 0 bridgehead atoms. The molecule has 0 saturated carbocycles. The van der Waals surface area contributed by atoms with Gasteiger partial charge in [0.25, 0.3) is 5.69 Å². The normalized spacial score (nSPS) is 11.3. The number of hydrogen-bond donors (Lipinski definition) is 2. The lowest BCUT2D eigenvalue weighted by Crippen LogP contribution is -2.12. The molecule has 0 atom stereocenters. The van der Waals surface area contributed by atoms with E-state index in [2.05, 4.69) is 10.5 Å². The number of primary sulfonamides is 1. The molecule has 4 rings (SSSR count). The van der Waals surface area contributed by atoms with Crippen molar-refractivity contribution in [2.24, 2.45) is 10.2 Å². The smallest absolute Gasteiger partial charge is 0.295 e. The fourth-order valence-electron chi connectivity index (χ4n) is 3.42. The van der Waals surface area contributed by atoms with Crippen LogP contribution in [0, 0.1) is 10.1 Å². The van der Waals surface area contributed by atoms with Gasteiger partial charge in [-0.25, -0.2) is 13.6 Å². The van der Waals surface area contributed by atoms with Crippen LogP contribution in [0.15, 0.2) is 107 Å². The Morgan fingerprint density at radius 3 is 2.03 bits per heavy atom. The number of anilines is 1. The molecule has 38 heavy (non-hydrogen) atoms. The maximum Gasteiger partial charge on any atom is 0.295 e. The first-order chi connectivity index (χ1) is 18.3. The molecule has 11 heteroatoms. The molecule has 0 fully saturated rings. The van der Waals surface area contributed by atoms with Crippen molar-refractivity contribution < 1.29 is 22.8 Å². The SMILES string of the molecule is NS(=O)(=O)c1ccc(N/N=C\c2ccc(OCc3ccccc3)c(OCc3ccccc3)c2)c([N+](=O)[O-])c1. The third-order valence-electron chi connectivity index (χ3n) is 5.34. The van der Waals surface area contributed by atoms with Crippen LogP contribution in [-0.4, -0.2) is 19.6 Å². The lowest BCUT2D eigenvalue weighted by atomic mass is 10.2. The lowest BCUT2D eigenvalue weighted by molar-refractivity contribution is -0.384. The Hall–Kier alpha value is -4.74. The second kappa shape index (κ2) is 12.0. The molecular formula is C27H24N4O6S.